The van der Waals surface area contributed by atoms with Crippen LogP contribution in [0.1, 0.15) is 6.42 Å². The summed E-state index contributed by atoms with van der Waals surface area (Å²) in [7, 11) is 0. The van der Waals surface area contributed by atoms with E-state index in [1.807, 2.05) is 12.1 Å². The summed E-state index contributed by atoms with van der Waals surface area (Å²) in [5, 5.41) is 0. The second kappa shape index (κ2) is 5.83. The normalized spacial score (nSPS) is 32.2. The van der Waals surface area contributed by atoms with Gasteiger partial charge in [0.05, 0.1) is 25.9 Å². The lowest BCUT2D eigenvalue weighted by molar-refractivity contribution is 0.0308. The maximum absolute atomic E-state index is 6.04. The lowest BCUT2D eigenvalue weighted by atomic mass is 10.1. The summed E-state index contributed by atoms with van der Waals surface area (Å²) in [6.07, 6.45) is 1.33. The lowest BCUT2D eigenvalue weighted by Crippen LogP contribution is -2.36. The molecular weight excluding hydrogens is 270 g/mol. The molecule has 3 aliphatic heterocycles. The molecule has 3 fully saturated rings. The second-order valence-electron chi connectivity index (χ2n) is 5.75. The Kier molecular flexibility index (Phi) is 3.71. The zero-order valence-corrected chi connectivity index (χ0v) is 12.1. The third kappa shape index (κ3) is 2.73. The first-order valence-electron chi connectivity index (χ1n) is 7.73. The largest absolute Gasteiger partial charge is 0.485 e. The van der Waals surface area contributed by atoms with Crippen molar-refractivity contribution in [1.82, 2.24) is 0 Å². The van der Waals surface area contributed by atoms with Crippen molar-refractivity contribution >= 4 is 5.69 Å². The molecule has 1 aromatic rings. The summed E-state index contributed by atoms with van der Waals surface area (Å²) in [5.41, 5.74) is 1.23. The lowest BCUT2D eigenvalue weighted by Gasteiger charge is -2.29. The van der Waals surface area contributed by atoms with Gasteiger partial charge in [-0.3, -0.25) is 0 Å². The number of nitrogens with zero attached hydrogens (tertiary/aromatic N) is 1. The van der Waals surface area contributed by atoms with Crippen LogP contribution in [0.25, 0.3) is 0 Å². The van der Waals surface area contributed by atoms with Crippen LogP contribution in [-0.2, 0) is 14.2 Å². The molecule has 0 saturated carbocycles. The number of ether oxygens (including phenoxy) is 4. The molecule has 4 rings (SSSR count). The van der Waals surface area contributed by atoms with Crippen LogP contribution >= 0.6 is 0 Å². The number of rotatable bonds is 3. The number of hydrogen-bond donors (Lipinski definition) is 0. The highest BCUT2D eigenvalue weighted by atomic mass is 16.6. The van der Waals surface area contributed by atoms with Crippen molar-refractivity contribution < 1.29 is 18.9 Å². The first-order valence-corrected chi connectivity index (χ1v) is 7.73. The first kappa shape index (κ1) is 13.4. The Hall–Kier alpha value is -1.30. The average Bonchev–Trinajstić information content (AvgIpc) is 3.14. The number of benzene rings is 1. The molecule has 114 valence electrons. The summed E-state index contributed by atoms with van der Waals surface area (Å²) >= 11 is 0. The van der Waals surface area contributed by atoms with E-state index in [0.29, 0.717) is 6.61 Å². The Morgan fingerprint density at radius 3 is 2.62 bits per heavy atom. The summed E-state index contributed by atoms with van der Waals surface area (Å²) in [6.45, 7) is 4.92. The summed E-state index contributed by atoms with van der Waals surface area (Å²) < 4.78 is 22.8. The highest BCUT2D eigenvalue weighted by Gasteiger charge is 2.43. The number of fused-ring (bicyclic) bond motifs is 1. The van der Waals surface area contributed by atoms with Gasteiger partial charge < -0.3 is 23.8 Å². The number of hydrogen-bond acceptors (Lipinski definition) is 5. The topological polar surface area (TPSA) is 40.2 Å². The van der Waals surface area contributed by atoms with Crippen LogP contribution in [0.5, 0.6) is 5.75 Å². The van der Waals surface area contributed by atoms with E-state index in [2.05, 4.69) is 17.0 Å². The molecule has 0 amide bonds. The van der Waals surface area contributed by atoms with Gasteiger partial charge in [-0.05, 0) is 30.7 Å². The zero-order chi connectivity index (χ0) is 14.1. The van der Waals surface area contributed by atoms with E-state index < -0.39 is 0 Å². The molecule has 5 nitrogen and oxygen atoms in total. The molecule has 0 bridgehead atoms. The van der Waals surface area contributed by atoms with Gasteiger partial charge in [0.15, 0.2) is 6.10 Å². The van der Waals surface area contributed by atoms with Crippen molar-refractivity contribution in [2.75, 3.05) is 44.4 Å². The Balaban J connectivity index is 1.39. The predicted octanol–water partition coefficient (Wildman–Crippen LogP) is 1.46. The number of anilines is 1. The van der Waals surface area contributed by atoms with E-state index in [1.165, 1.54) is 5.69 Å². The molecule has 0 aliphatic carbocycles. The van der Waals surface area contributed by atoms with Crippen molar-refractivity contribution in [3.05, 3.63) is 24.3 Å². The zero-order valence-electron chi connectivity index (χ0n) is 12.1. The van der Waals surface area contributed by atoms with E-state index >= 15 is 0 Å². The Morgan fingerprint density at radius 2 is 1.81 bits per heavy atom. The monoisotopic (exact) mass is 291 g/mol. The van der Waals surface area contributed by atoms with E-state index in [4.69, 9.17) is 18.9 Å². The van der Waals surface area contributed by atoms with E-state index in [0.717, 1.165) is 45.1 Å². The summed E-state index contributed by atoms with van der Waals surface area (Å²) in [5.74, 6) is 0.886. The fourth-order valence-corrected chi connectivity index (χ4v) is 3.26. The average molecular weight is 291 g/mol. The molecule has 0 spiro atoms. The van der Waals surface area contributed by atoms with Crippen LogP contribution in [0.15, 0.2) is 24.3 Å². The highest BCUT2D eigenvalue weighted by Crippen LogP contribution is 2.30. The Bertz CT molecular complexity index is 472. The molecule has 3 atom stereocenters. The van der Waals surface area contributed by atoms with E-state index in [1.54, 1.807) is 0 Å². The smallest absolute Gasteiger partial charge is 0.150 e. The van der Waals surface area contributed by atoms with Gasteiger partial charge in [0.25, 0.3) is 0 Å². The van der Waals surface area contributed by atoms with Crippen LogP contribution in [0.2, 0.25) is 0 Å². The second-order valence-corrected chi connectivity index (χ2v) is 5.75. The molecule has 3 saturated heterocycles. The summed E-state index contributed by atoms with van der Waals surface area (Å²) in [4.78, 5) is 2.34. The first-order chi connectivity index (χ1) is 10.4. The van der Waals surface area contributed by atoms with Crippen molar-refractivity contribution in [3.8, 4) is 5.75 Å². The molecule has 1 aromatic carbocycles. The Labute approximate surface area is 124 Å². The molecule has 3 aliphatic rings. The van der Waals surface area contributed by atoms with Gasteiger partial charge >= 0.3 is 0 Å². The van der Waals surface area contributed by atoms with Gasteiger partial charge in [0.1, 0.15) is 11.9 Å². The van der Waals surface area contributed by atoms with Gasteiger partial charge in [0.2, 0.25) is 0 Å². The van der Waals surface area contributed by atoms with Gasteiger partial charge in [-0.2, -0.15) is 0 Å². The minimum Gasteiger partial charge on any atom is -0.485 e. The minimum atomic E-state index is 0.0201. The standard InChI is InChI=1S/C16H21NO4/c1-3-13(4-2-12(1)17-6-9-18-10-7-17)21-15-11-20-14-5-8-19-16(14)15/h1-4,14-16H,5-11H2. The Morgan fingerprint density at radius 1 is 1.00 bits per heavy atom. The van der Waals surface area contributed by atoms with Gasteiger partial charge in [-0.15, -0.1) is 0 Å². The molecule has 0 radical (unpaired) electrons. The predicted molar refractivity (Wildman–Crippen MR) is 78.0 cm³/mol. The molecule has 3 heterocycles. The third-order valence-corrected chi connectivity index (χ3v) is 4.42. The molecular formula is C16H21NO4. The van der Waals surface area contributed by atoms with Crippen molar-refractivity contribution in [1.29, 1.82) is 0 Å². The van der Waals surface area contributed by atoms with Crippen LogP contribution in [0.4, 0.5) is 5.69 Å². The van der Waals surface area contributed by atoms with Gasteiger partial charge in [-0.1, -0.05) is 0 Å². The highest BCUT2D eigenvalue weighted by molar-refractivity contribution is 5.49. The molecule has 0 N–H and O–H groups in total. The van der Waals surface area contributed by atoms with E-state index in [9.17, 15) is 0 Å². The van der Waals surface area contributed by atoms with Crippen LogP contribution in [-0.4, -0.2) is 57.8 Å². The van der Waals surface area contributed by atoms with Crippen LogP contribution < -0.4 is 9.64 Å². The van der Waals surface area contributed by atoms with Crippen LogP contribution in [0, 0.1) is 0 Å². The van der Waals surface area contributed by atoms with Crippen LogP contribution in [0.3, 0.4) is 0 Å². The fourth-order valence-electron chi connectivity index (χ4n) is 3.26. The van der Waals surface area contributed by atoms with E-state index in [-0.39, 0.29) is 18.3 Å². The molecule has 0 aromatic heterocycles. The molecule has 5 heteroatoms. The third-order valence-electron chi connectivity index (χ3n) is 4.42. The quantitative estimate of drug-likeness (QED) is 0.843. The minimum absolute atomic E-state index is 0.0201. The van der Waals surface area contributed by atoms with Crippen molar-refractivity contribution in [2.45, 2.75) is 24.7 Å². The summed E-state index contributed by atoms with van der Waals surface area (Å²) in [6, 6.07) is 8.30. The van der Waals surface area contributed by atoms with Crippen molar-refractivity contribution in [3.63, 3.8) is 0 Å². The van der Waals surface area contributed by atoms with Gasteiger partial charge in [0, 0.05) is 25.4 Å². The number of morpholine rings is 1. The molecule has 3 unspecified atom stereocenters. The van der Waals surface area contributed by atoms with Gasteiger partial charge in [-0.25, -0.2) is 0 Å². The SMILES string of the molecule is c1cc(N2CCOCC2)ccc1OC1COC2CCOC21. The maximum Gasteiger partial charge on any atom is 0.150 e. The van der Waals surface area contributed by atoms with Crippen molar-refractivity contribution in [2.24, 2.45) is 0 Å². The fraction of sp³-hybridized carbons (Fsp3) is 0.625. The molecule has 21 heavy (non-hydrogen) atoms. The maximum atomic E-state index is 6.04.